The Hall–Kier alpha value is -1.33. The van der Waals surface area contributed by atoms with Crippen molar-refractivity contribution in [1.82, 2.24) is 4.90 Å². The van der Waals surface area contributed by atoms with E-state index in [4.69, 9.17) is 5.11 Å². The number of carbonyl (C=O) groups is 1. The van der Waals surface area contributed by atoms with Crippen LogP contribution in [0.2, 0.25) is 0 Å². The Morgan fingerprint density at radius 3 is 2.86 bits per heavy atom. The molecule has 0 spiro atoms. The Morgan fingerprint density at radius 2 is 2.19 bits per heavy atom. The fourth-order valence-corrected chi connectivity index (χ4v) is 2.92. The van der Waals surface area contributed by atoms with Gasteiger partial charge in [-0.1, -0.05) is 0 Å². The monoisotopic (exact) mass is 297 g/mol. The average Bonchev–Trinajstić information content (AvgIpc) is 2.49. The van der Waals surface area contributed by atoms with Gasteiger partial charge in [0.05, 0.1) is 6.04 Å². The van der Waals surface area contributed by atoms with Gasteiger partial charge in [0.1, 0.15) is 0 Å². The molecule has 2 atom stereocenters. The second-order valence-electron chi connectivity index (χ2n) is 5.68. The summed E-state index contributed by atoms with van der Waals surface area (Å²) in [5, 5.41) is 9.02. The van der Waals surface area contributed by atoms with E-state index in [0.717, 1.165) is 44.5 Å². The molecule has 0 saturated carbocycles. The van der Waals surface area contributed by atoms with E-state index in [0.29, 0.717) is 5.92 Å². The van der Waals surface area contributed by atoms with E-state index in [1.54, 1.807) is 6.92 Å². The minimum atomic E-state index is -0.996. The zero-order valence-corrected chi connectivity index (χ0v) is 12.2. The molecular formula is C16H21F2NO2. The van der Waals surface area contributed by atoms with E-state index in [1.165, 1.54) is 6.07 Å². The van der Waals surface area contributed by atoms with Crippen molar-refractivity contribution >= 4 is 5.78 Å². The van der Waals surface area contributed by atoms with Gasteiger partial charge < -0.3 is 5.11 Å². The number of Topliss-reactive ketones (excluding diaryl/α,β-unsaturated/α-hetero) is 1. The van der Waals surface area contributed by atoms with Crippen molar-refractivity contribution in [1.29, 1.82) is 0 Å². The molecule has 5 heteroatoms. The number of benzene rings is 1. The van der Waals surface area contributed by atoms with Gasteiger partial charge in [-0.3, -0.25) is 9.69 Å². The summed E-state index contributed by atoms with van der Waals surface area (Å²) in [4.78, 5) is 14.5. The number of likely N-dealkylation sites (tertiary alicyclic amines) is 1. The van der Waals surface area contributed by atoms with Crippen LogP contribution in [0.25, 0.3) is 0 Å². The number of aliphatic hydroxyl groups excluding tert-OH is 1. The number of hydrogen-bond donors (Lipinski definition) is 1. The highest BCUT2D eigenvalue weighted by Crippen LogP contribution is 2.22. The number of carbonyl (C=O) groups excluding carboxylic acids is 1. The largest absolute Gasteiger partial charge is 0.396 e. The topological polar surface area (TPSA) is 40.5 Å². The number of aliphatic hydroxyl groups is 1. The third-order valence-corrected chi connectivity index (χ3v) is 4.22. The van der Waals surface area contributed by atoms with Gasteiger partial charge >= 0.3 is 0 Å². The van der Waals surface area contributed by atoms with Gasteiger partial charge in [0, 0.05) is 18.7 Å². The lowest BCUT2D eigenvalue weighted by molar-refractivity contribution is 0.0727. The summed E-state index contributed by atoms with van der Waals surface area (Å²) in [5.74, 6) is -1.74. The molecule has 0 radical (unpaired) electrons. The van der Waals surface area contributed by atoms with Gasteiger partial charge in [-0.15, -0.1) is 0 Å². The highest BCUT2D eigenvalue weighted by Gasteiger charge is 2.28. The maximum Gasteiger partial charge on any atom is 0.179 e. The lowest BCUT2D eigenvalue weighted by atomic mass is 9.93. The second-order valence-corrected chi connectivity index (χ2v) is 5.68. The normalized spacial score (nSPS) is 21.2. The molecule has 1 aliphatic heterocycles. The zero-order valence-electron chi connectivity index (χ0n) is 12.2. The van der Waals surface area contributed by atoms with Crippen molar-refractivity contribution in [2.75, 3.05) is 19.7 Å². The lowest BCUT2D eigenvalue weighted by Crippen LogP contribution is -2.45. The lowest BCUT2D eigenvalue weighted by Gasteiger charge is -2.36. The van der Waals surface area contributed by atoms with Crippen LogP contribution in [0.4, 0.5) is 8.78 Å². The number of piperidine rings is 1. The smallest absolute Gasteiger partial charge is 0.179 e. The molecule has 0 aliphatic carbocycles. The summed E-state index contributed by atoms with van der Waals surface area (Å²) in [6, 6.07) is 2.91. The van der Waals surface area contributed by atoms with Crippen molar-refractivity contribution in [2.45, 2.75) is 32.2 Å². The second kappa shape index (κ2) is 7.09. The third-order valence-electron chi connectivity index (χ3n) is 4.22. The first kappa shape index (κ1) is 16.0. The van der Waals surface area contributed by atoms with Crippen molar-refractivity contribution in [3.05, 3.63) is 35.4 Å². The molecule has 0 bridgehead atoms. The quantitative estimate of drug-likeness (QED) is 0.849. The number of hydrogen-bond acceptors (Lipinski definition) is 3. The molecule has 2 unspecified atom stereocenters. The van der Waals surface area contributed by atoms with E-state index in [1.807, 2.05) is 0 Å². The Bertz CT molecular complexity index is 505. The van der Waals surface area contributed by atoms with E-state index in [9.17, 15) is 13.6 Å². The third kappa shape index (κ3) is 3.86. The number of ketones is 1. The van der Waals surface area contributed by atoms with Crippen molar-refractivity contribution < 1.29 is 18.7 Å². The van der Waals surface area contributed by atoms with Crippen LogP contribution in [0.1, 0.15) is 36.5 Å². The van der Waals surface area contributed by atoms with Crippen LogP contribution in [-0.4, -0.2) is 41.5 Å². The molecule has 1 heterocycles. The minimum Gasteiger partial charge on any atom is -0.396 e. The van der Waals surface area contributed by atoms with Crippen LogP contribution < -0.4 is 0 Å². The molecule has 1 aromatic carbocycles. The number of halogens is 2. The molecule has 2 rings (SSSR count). The minimum absolute atomic E-state index is 0.157. The predicted octanol–water partition coefficient (Wildman–Crippen LogP) is 2.63. The molecule has 1 N–H and O–H groups in total. The van der Waals surface area contributed by atoms with Crippen molar-refractivity contribution in [3.63, 3.8) is 0 Å². The Kier molecular flexibility index (Phi) is 5.42. The Balaban J connectivity index is 2.05. The Morgan fingerprint density at radius 1 is 1.43 bits per heavy atom. The summed E-state index contributed by atoms with van der Waals surface area (Å²) in [6.07, 6.45) is 2.78. The summed E-state index contributed by atoms with van der Waals surface area (Å²) >= 11 is 0. The van der Waals surface area contributed by atoms with Crippen LogP contribution in [0, 0.1) is 17.6 Å². The molecule has 3 nitrogen and oxygen atoms in total. The van der Waals surface area contributed by atoms with Crippen molar-refractivity contribution in [3.8, 4) is 0 Å². The maximum absolute atomic E-state index is 13.2. The van der Waals surface area contributed by atoms with Crippen LogP contribution >= 0.6 is 0 Å². The first-order valence-corrected chi connectivity index (χ1v) is 7.37. The molecular weight excluding hydrogens is 276 g/mol. The van der Waals surface area contributed by atoms with Gasteiger partial charge in [-0.05, 0) is 56.8 Å². The van der Waals surface area contributed by atoms with E-state index in [-0.39, 0.29) is 24.0 Å². The van der Waals surface area contributed by atoms with Crippen LogP contribution in [0.5, 0.6) is 0 Å². The first-order valence-electron chi connectivity index (χ1n) is 7.37. The highest BCUT2D eigenvalue weighted by molar-refractivity contribution is 5.99. The van der Waals surface area contributed by atoms with Crippen molar-refractivity contribution in [2.24, 2.45) is 5.92 Å². The number of nitrogens with zero attached hydrogens (tertiary/aromatic N) is 1. The number of rotatable bonds is 5. The van der Waals surface area contributed by atoms with Gasteiger partial charge in [0.25, 0.3) is 0 Å². The first-order chi connectivity index (χ1) is 10.0. The summed E-state index contributed by atoms with van der Waals surface area (Å²) in [7, 11) is 0. The molecule has 1 aliphatic rings. The molecule has 0 amide bonds. The van der Waals surface area contributed by atoms with Gasteiger partial charge in [-0.2, -0.15) is 0 Å². The van der Waals surface area contributed by atoms with Gasteiger partial charge in [0.2, 0.25) is 0 Å². The maximum atomic E-state index is 13.2. The summed E-state index contributed by atoms with van der Waals surface area (Å²) < 4.78 is 26.2. The zero-order chi connectivity index (χ0) is 15.4. The van der Waals surface area contributed by atoms with Crippen LogP contribution in [0.15, 0.2) is 18.2 Å². The van der Waals surface area contributed by atoms with E-state index < -0.39 is 11.6 Å². The van der Waals surface area contributed by atoms with Crippen LogP contribution in [-0.2, 0) is 0 Å². The van der Waals surface area contributed by atoms with Gasteiger partial charge in [-0.25, -0.2) is 8.78 Å². The molecule has 21 heavy (non-hydrogen) atoms. The van der Waals surface area contributed by atoms with E-state index >= 15 is 0 Å². The molecule has 1 saturated heterocycles. The standard InChI is InChI=1S/C16H21F2NO2/c1-11(19-7-2-3-12(10-19)6-8-20)16(21)13-4-5-14(17)15(18)9-13/h4-5,9,11-12,20H,2-3,6-8,10H2,1H3. The summed E-state index contributed by atoms with van der Waals surface area (Å²) in [6.45, 7) is 3.53. The molecule has 0 aromatic heterocycles. The SMILES string of the molecule is CC(C(=O)c1ccc(F)c(F)c1)N1CCCC(CCO)C1. The molecule has 1 fully saturated rings. The fourth-order valence-electron chi connectivity index (χ4n) is 2.92. The van der Waals surface area contributed by atoms with E-state index in [2.05, 4.69) is 4.90 Å². The molecule has 116 valence electrons. The highest BCUT2D eigenvalue weighted by atomic mass is 19.2. The molecule has 1 aromatic rings. The fraction of sp³-hybridized carbons (Fsp3) is 0.562. The Labute approximate surface area is 123 Å². The van der Waals surface area contributed by atoms with Gasteiger partial charge in [0.15, 0.2) is 17.4 Å². The van der Waals surface area contributed by atoms with Crippen LogP contribution in [0.3, 0.4) is 0 Å². The average molecular weight is 297 g/mol. The predicted molar refractivity (Wildman–Crippen MR) is 76.2 cm³/mol. The summed E-state index contributed by atoms with van der Waals surface area (Å²) in [5.41, 5.74) is 0.200.